The quantitative estimate of drug-likeness (QED) is 0.545. The van der Waals surface area contributed by atoms with Crippen LogP contribution in [0.25, 0.3) is 11.1 Å². The molecule has 0 unspecified atom stereocenters. The summed E-state index contributed by atoms with van der Waals surface area (Å²) in [5, 5.41) is 6.74. The van der Waals surface area contributed by atoms with Crippen molar-refractivity contribution in [3.8, 4) is 11.1 Å². The lowest BCUT2D eigenvalue weighted by Gasteiger charge is -2.35. The van der Waals surface area contributed by atoms with Crippen LogP contribution in [0.3, 0.4) is 0 Å². The number of hydrogen-bond donors (Lipinski definition) is 2. The van der Waals surface area contributed by atoms with Gasteiger partial charge in [0.2, 0.25) is 5.91 Å². The van der Waals surface area contributed by atoms with Crippen LogP contribution in [0.5, 0.6) is 0 Å². The summed E-state index contributed by atoms with van der Waals surface area (Å²) < 4.78 is 44.5. The first-order valence-electron chi connectivity index (χ1n) is 10.2. The maximum atomic E-state index is 13.4. The molecule has 0 aliphatic carbocycles. The van der Waals surface area contributed by atoms with Crippen molar-refractivity contribution in [3.63, 3.8) is 0 Å². The summed E-state index contributed by atoms with van der Waals surface area (Å²) in [6.45, 7) is 2.04. The van der Waals surface area contributed by atoms with Crippen molar-refractivity contribution in [3.05, 3.63) is 57.3 Å². The monoisotopic (exact) mass is 511 g/mol. The van der Waals surface area contributed by atoms with E-state index in [1.165, 1.54) is 30.5 Å². The first-order valence-corrected chi connectivity index (χ1v) is 12.8. The lowest BCUT2D eigenvalue weighted by Crippen LogP contribution is -2.55. The molecule has 8 nitrogen and oxygen atoms in total. The number of likely N-dealkylation sites (N-methyl/N-ethyl adjacent to an activating group) is 1. The highest BCUT2D eigenvalue weighted by Gasteiger charge is 2.41. The predicted molar refractivity (Wildman–Crippen MR) is 127 cm³/mol. The van der Waals surface area contributed by atoms with Crippen molar-refractivity contribution in [2.45, 2.75) is 31.8 Å². The number of aromatic nitrogens is 2. The van der Waals surface area contributed by atoms with E-state index in [0.29, 0.717) is 0 Å². The number of nitrogens with zero attached hydrogens (tertiary/aromatic N) is 3. The Balaban J connectivity index is 1.62. The molecule has 0 bridgehead atoms. The van der Waals surface area contributed by atoms with Gasteiger partial charge in [-0.25, -0.2) is 4.39 Å². The molecule has 4 rings (SSSR count). The summed E-state index contributed by atoms with van der Waals surface area (Å²) in [6, 6.07) is 4.24. The first-order chi connectivity index (χ1) is 15.6. The molecule has 3 heterocycles. The molecule has 1 amide bonds. The highest BCUT2D eigenvalue weighted by molar-refractivity contribution is 7.87. The maximum Gasteiger partial charge on any atom is 0.280 e. The molecule has 2 N–H and O–H groups in total. The van der Waals surface area contributed by atoms with E-state index in [-0.39, 0.29) is 17.1 Å². The molecule has 2 aromatic heterocycles. The molecule has 1 saturated heterocycles. The summed E-state index contributed by atoms with van der Waals surface area (Å²) in [6.07, 6.45) is 4.69. The van der Waals surface area contributed by atoms with Crippen LogP contribution < -0.4 is 10.0 Å². The van der Waals surface area contributed by atoms with Crippen LogP contribution in [0.1, 0.15) is 29.1 Å². The van der Waals surface area contributed by atoms with Gasteiger partial charge in [-0.15, -0.1) is 11.3 Å². The van der Waals surface area contributed by atoms with Crippen LogP contribution >= 0.6 is 22.9 Å². The average Bonchev–Trinajstić information content (AvgIpc) is 3.38. The van der Waals surface area contributed by atoms with Crippen molar-refractivity contribution in [1.82, 2.24) is 18.8 Å². The molecule has 0 saturated carbocycles. The van der Waals surface area contributed by atoms with Gasteiger partial charge >= 0.3 is 0 Å². The van der Waals surface area contributed by atoms with E-state index in [9.17, 15) is 17.6 Å². The molecule has 2 atom stereocenters. The van der Waals surface area contributed by atoms with E-state index < -0.39 is 34.0 Å². The van der Waals surface area contributed by atoms with Gasteiger partial charge in [-0.1, -0.05) is 18.5 Å². The molecular weight excluding hydrogens is 489 g/mol. The van der Waals surface area contributed by atoms with Gasteiger partial charge in [0.15, 0.2) is 0 Å². The zero-order valence-corrected chi connectivity index (χ0v) is 20.6. The largest absolute Gasteiger partial charge is 0.325 e. The normalized spacial score (nSPS) is 20.6. The lowest BCUT2D eigenvalue weighted by atomic mass is 10.0. The van der Waals surface area contributed by atoms with E-state index >= 15 is 0 Å². The van der Waals surface area contributed by atoms with Gasteiger partial charge in [0.05, 0.1) is 17.3 Å². The molecule has 12 heteroatoms. The highest BCUT2D eigenvalue weighted by atomic mass is 35.5. The second kappa shape index (κ2) is 9.15. The zero-order valence-electron chi connectivity index (χ0n) is 18.2. The van der Waals surface area contributed by atoms with Crippen molar-refractivity contribution in [2.75, 3.05) is 12.4 Å². The minimum absolute atomic E-state index is 0.134. The average molecular weight is 512 g/mol. The van der Waals surface area contributed by atoms with Gasteiger partial charge < -0.3 is 5.32 Å². The number of benzene rings is 1. The van der Waals surface area contributed by atoms with Crippen LogP contribution in [0.15, 0.2) is 36.7 Å². The summed E-state index contributed by atoms with van der Waals surface area (Å²) in [4.78, 5) is 14.9. The van der Waals surface area contributed by atoms with Gasteiger partial charge in [0.25, 0.3) is 10.2 Å². The van der Waals surface area contributed by atoms with E-state index in [0.717, 1.165) is 37.7 Å². The van der Waals surface area contributed by atoms with Crippen molar-refractivity contribution < 1.29 is 17.6 Å². The SMILES string of the molecule is CCc1sc([C@H]2C[C@@H](C(=O)Nc3ccc(F)c(Cl)c3)N(C)S(=O)(=O)N2)cc1-c1cnn(C)c1. The second-order valence-electron chi connectivity index (χ2n) is 7.80. The number of hydrogen-bond acceptors (Lipinski definition) is 5. The number of aryl methyl sites for hydroxylation is 2. The first kappa shape index (κ1) is 23.8. The third kappa shape index (κ3) is 4.82. The van der Waals surface area contributed by atoms with Crippen LogP contribution in [-0.4, -0.2) is 41.5 Å². The number of carbonyl (C=O) groups is 1. The van der Waals surface area contributed by atoms with E-state index in [1.54, 1.807) is 10.9 Å². The summed E-state index contributed by atoms with van der Waals surface area (Å²) >= 11 is 7.32. The summed E-state index contributed by atoms with van der Waals surface area (Å²) in [7, 11) is -0.711. The molecule has 1 aromatic carbocycles. The smallest absolute Gasteiger partial charge is 0.280 e. The zero-order chi connectivity index (χ0) is 23.9. The minimum Gasteiger partial charge on any atom is -0.325 e. The van der Waals surface area contributed by atoms with Crippen molar-refractivity contribution >= 4 is 44.7 Å². The fraction of sp³-hybridized carbons (Fsp3) is 0.333. The molecule has 1 aliphatic heterocycles. The highest BCUT2D eigenvalue weighted by Crippen LogP contribution is 2.38. The molecule has 33 heavy (non-hydrogen) atoms. The second-order valence-corrected chi connectivity index (χ2v) is 11.1. The van der Waals surface area contributed by atoms with Gasteiger partial charge in [-0.2, -0.15) is 22.5 Å². The maximum absolute atomic E-state index is 13.4. The number of carbonyl (C=O) groups excluding carboxylic acids is 1. The fourth-order valence-electron chi connectivity index (χ4n) is 3.78. The Kier molecular flexibility index (Phi) is 6.61. The molecule has 1 aliphatic rings. The van der Waals surface area contributed by atoms with Gasteiger partial charge in [0, 0.05) is 41.3 Å². The van der Waals surface area contributed by atoms with Crippen LogP contribution in [-0.2, 0) is 28.5 Å². The predicted octanol–water partition coefficient (Wildman–Crippen LogP) is 3.72. The van der Waals surface area contributed by atoms with Crippen molar-refractivity contribution in [2.24, 2.45) is 7.05 Å². The Labute approximate surface area is 200 Å². The summed E-state index contributed by atoms with van der Waals surface area (Å²) in [5.41, 5.74) is 2.25. The number of thiophene rings is 1. The van der Waals surface area contributed by atoms with E-state index in [2.05, 4.69) is 15.1 Å². The van der Waals surface area contributed by atoms with E-state index in [1.807, 2.05) is 26.2 Å². The number of anilines is 1. The number of halogens is 2. The summed E-state index contributed by atoms with van der Waals surface area (Å²) in [5.74, 6) is -1.12. The third-order valence-corrected chi connectivity index (χ3v) is 8.84. The Bertz CT molecular complexity index is 1310. The minimum atomic E-state index is -3.90. The number of nitrogens with one attached hydrogen (secondary N) is 2. The van der Waals surface area contributed by atoms with Crippen molar-refractivity contribution in [1.29, 1.82) is 0 Å². The van der Waals surface area contributed by atoms with E-state index in [4.69, 9.17) is 11.6 Å². The van der Waals surface area contributed by atoms with Gasteiger partial charge in [-0.05, 0) is 42.7 Å². The Morgan fingerprint density at radius 1 is 1.36 bits per heavy atom. The topological polar surface area (TPSA) is 96.3 Å². The Morgan fingerprint density at radius 3 is 2.76 bits per heavy atom. The number of amides is 1. The lowest BCUT2D eigenvalue weighted by molar-refractivity contribution is -0.120. The molecule has 0 spiro atoms. The van der Waals surface area contributed by atoms with Crippen LogP contribution in [0, 0.1) is 5.82 Å². The fourth-order valence-corrected chi connectivity index (χ4v) is 6.50. The van der Waals surface area contributed by atoms with Crippen LogP contribution in [0.2, 0.25) is 5.02 Å². The molecule has 176 valence electrons. The molecule has 0 radical (unpaired) electrons. The number of rotatable bonds is 5. The standard InChI is InChI=1S/C21H23ClFN5O3S2/c1-4-19-14(12-10-24-27(2)11-12)8-20(32-19)17-9-18(28(3)33(30,31)26-17)21(29)25-13-5-6-16(23)15(22)7-13/h5-8,10-11,17-18,26H,4,9H2,1-3H3,(H,25,29)/t17-,18+/m1/s1. The van der Waals surface area contributed by atoms with Gasteiger partial charge in [0.1, 0.15) is 11.9 Å². The van der Waals surface area contributed by atoms with Crippen LogP contribution in [0.4, 0.5) is 10.1 Å². The Hall–Kier alpha value is -2.31. The third-order valence-electron chi connectivity index (χ3n) is 5.57. The molecule has 1 fully saturated rings. The van der Waals surface area contributed by atoms with Gasteiger partial charge in [-0.3, -0.25) is 9.48 Å². The molecular formula is C21H23ClFN5O3S2. The molecule has 3 aromatic rings. The Morgan fingerprint density at radius 2 is 2.12 bits per heavy atom.